The summed E-state index contributed by atoms with van der Waals surface area (Å²) in [7, 11) is 0. The first-order valence-corrected chi connectivity index (χ1v) is 19.1. The van der Waals surface area contributed by atoms with Crippen molar-refractivity contribution in [2.45, 2.75) is 0 Å². The van der Waals surface area contributed by atoms with Crippen LogP contribution in [0.25, 0.3) is 111 Å². The summed E-state index contributed by atoms with van der Waals surface area (Å²) in [6, 6.07) is 65.7. The summed E-state index contributed by atoms with van der Waals surface area (Å²) < 4.78 is 11.0. The van der Waals surface area contributed by atoms with E-state index in [1.807, 2.05) is 60.7 Å². The average Bonchev–Trinajstić information content (AvgIpc) is 3.94. The Morgan fingerprint density at radius 2 is 0.860 bits per heavy atom. The molecule has 4 aromatic heterocycles. The van der Waals surface area contributed by atoms with Crippen molar-refractivity contribution < 1.29 is 4.42 Å². The molecule has 0 aliphatic heterocycles. The zero-order valence-electron chi connectivity index (χ0n) is 30.5. The lowest BCUT2D eigenvalue weighted by Crippen LogP contribution is -2.01. The van der Waals surface area contributed by atoms with Gasteiger partial charge < -0.3 is 13.6 Å². The predicted molar refractivity (Wildman–Crippen MR) is 232 cm³/mol. The molecule has 6 nitrogen and oxygen atoms in total. The fraction of sp³-hybridized carbons (Fsp3) is 0. The van der Waals surface area contributed by atoms with Gasteiger partial charge >= 0.3 is 0 Å². The van der Waals surface area contributed by atoms with Crippen molar-refractivity contribution >= 4 is 65.6 Å². The van der Waals surface area contributed by atoms with E-state index in [4.69, 9.17) is 19.4 Å². The maximum Gasteiger partial charge on any atom is 0.164 e. The van der Waals surface area contributed by atoms with Crippen LogP contribution in [0.5, 0.6) is 0 Å². The molecular weight excluding hydrogens is 699 g/mol. The highest BCUT2D eigenvalue weighted by atomic mass is 16.3. The van der Waals surface area contributed by atoms with Crippen LogP contribution in [0.15, 0.2) is 192 Å². The Labute approximate surface area is 326 Å². The van der Waals surface area contributed by atoms with E-state index in [1.54, 1.807) is 0 Å². The standard InChI is InChI=1S/C51H31N5O/c1-3-14-32(15-4-1)49-52-50(54-51(53-49)34-27-29-47-41(31-34)38-20-9-12-25-46(38)57-47)33-26-28-44-40(30-33)37-19-8-11-23-43(37)56(44)45-24-13-21-39-36-18-7-10-22-42(36)55(48(39)45)35-16-5-2-6-17-35/h1-31H. The minimum atomic E-state index is 0.606. The molecule has 0 unspecified atom stereocenters. The predicted octanol–water partition coefficient (Wildman–Crippen LogP) is 13.0. The van der Waals surface area contributed by atoms with Crippen molar-refractivity contribution in [1.29, 1.82) is 0 Å². The molecule has 0 N–H and O–H groups in total. The Hall–Kier alpha value is -7.83. The number of para-hydroxylation sites is 5. The van der Waals surface area contributed by atoms with Crippen LogP contribution < -0.4 is 0 Å². The van der Waals surface area contributed by atoms with E-state index in [0.717, 1.165) is 77.3 Å². The minimum absolute atomic E-state index is 0.606. The third kappa shape index (κ3) is 4.87. The normalized spacial score (nSPS) is 11.9. The van der Waals surface area contributed by atoms with Gasteiger partial charge in [0.05, 0.1) is 27.8 Å². The minimum Gasteiger partial charge on any atom is -0.456 e. The zero-order chi connectivity index (χ0) is 37.5. The molecule has 8 aromatic carbocycles. The number of hydrogen-bond acceptors (Lipinski definition) is 4. The monoisotopic (exact) mass is 729 g/mol. The molecule has 0 atom stereocenters. The summed E-state index contributed by atoms with van der Waals surface area (Å²) in [6.45, 7) is 0. The van der Waals surface area contributed by atoms with E-state index in [9.17, 15) is 0 Å². The zero-order valence-corrected chi connectivity index (χ0v) is 30.5. The highest BCUT2D eigenvalue weighted by Gasteiger charge is 2.21. The molecule has 57 heavy (non-hydrogen) atoms. The molecule has 0 aliphatic carbocycles. The van der Waals surface area contributed by atoms with Crippen LogP contribution in [0.2, 0.25) is 0 Å². The second-order valence-corrected chi connectivity index (χ2v) is 14.4. The summed E-state index contributed by atoms with van der Waals surface area (Å²) in [6.07, 6.45) is 0. The fourth-order valence-electron chi connectivity index (χ4n) is 8.61. The molecule has 6 heteroatoms. The maximum atomic E-state index is 6.15. The molecule has 0 saturated heterocycles. The Bertz CT molecular complexity index is 3520. The number of nitrogens with zero attached hydrogens (tertiary/aromatic N) is 5. The van der Waals surface area contributed by atoms with Gasteiger partial charge in [-0.1, -0.05) is 115 Å². The Balaban J connectivity index is 1.09. The molecule has 0 saturated carbocycles. The number of aromatic nitrogens is 5. The van der Waals surface area contributed by atoms with Gasteiger partial charge in [-0.3, -0.25) is 0 Å². The summed E-state index contributed by atoms with van der Waals surface area (Å²) in [4.78, 5) is 15.3. The highest BCUT2D eigenvalue weighted by molar-refractivity contribution is 6.15. The summed E-state index contributed by atoms with van der Waals surface area (Å²) in [5, 5.41) is 6.81. The topological polar surface area (TPSA) is 61.7 Å². The third-order valence-corrected chi connectivity index (χ3v) is 11.2. The average molecular weight is 730 g/mol. The molecule has 0 aliphatic rings. The Morgan fingerprint density at radius 1 is 0.333 bits per heavy atom. The molecule has 0 spiro atoms. The van der Waals surface area contributed by atoms with Crippen LogP contribution in [-0.4, -0.2) is 24.1 Å². The molecule has 4 heterocycles. The number of rotatable bonds is 5. The highest BCUT2D eigenvalue weighted by Crippen LogP contribution is 2.41. The van der Waals surface area contributed by atoms with Crippen LogP contribution in [0.3, 0.4) is 0 Å². The number of fused-ring (bicyclic) bond motifs is 9. The first kappa shape index (κ1) is 31.5. The SMILES string of the molecule is c1ccc(-c2nc(-c3ccc4oc5ccccc5c4c3)nc(-c3ccc4c(c3)c3ccccc3n4-c3cccc4c5ccccc5n(-c5ccccc5)c34)n2)cc1. The van der Waals surface area contributed by atoms with Crippen molar-refractivity contribution in [2.75, 3.05) is 0 Å². The molecule has 0 radical (unpaired) electrons. The van der Waals surface area contributed by atoms with Gasteiger partial charge in [-0.15, -0.1) is 0 Å². The third-order valence-electron chi connectivity index (χ3n) is 11.2. The maximum absolute atomic E-state index is 6.15. The van der Waals surface area contributed by atoms with E-state index in [-0.39, 0.29) is 0 Å². The quantitative estimate of drug-likeness (QED) is 0.177. The van der Waals surface area contributed by atoms with Gasteiger partial charge in [-0.05, 0) is 72.8 Å². The van der Waals surface area contributed by atoms with Crippen molar-refractivity contribution in [2.24, 2.45) is 0 Å². The molecule has 12 aromatic rings. The van der Waals surface area contributed by atoms with E-state index < -0.39 is 0 Å². The second kappa shape index (κ2) is 12.3. The largest absolute Gasteiger partial charge is 0.456 e. The number of furan rings is 1. The van der Waals surface area contributed by atoms with Crippen molar-refractivity contribution in [1.82, 2.24) is 24.1 Å². The first-order chi connectivity index (χ1) is 28.3. The lowest BCUT2D eigenvalue weighted by atomic mass is 10.1. The molecular formula is C51H31N5O. The molecule has 12 rings (SSSR count). The van der Waals surface area contributed by atoms with Crippen LogP contribution >= 0.6 is 0 Å². The summed E-state index contributed by atoms with van der Waals surface area (Å²) in [5.41, 5.74) is 11.2. The van der Waals surface area contributed by atoms with Gasteiger partial charge in [0, 0.05) is 54.7 Å². The van der Waals surface area contributed by atoms with Gasteiger partial charge in [-0.2, -0.15) is 0 Å². The molecule has 266 valence electrons. The van der Waals surface area contributed by atoms with Crippen LogP contribution in [-0.2, 0) is 0 Å². The van der Waals surface area contributed by atoms with Gasteiger partial charge in [-0.25, -0.2) is 15.0 Å². The van der Waals surface area contributed by atoms with E-state index in [1.165, 1.54) is 16.3 Å². The molecule has 0 amide bonds. The summed E-state index contributed by atoms with van der Waals surface area (Å²) >= 11 is 0. The van der Waals surface area contributed by atoms with E-state index in [2.05, 4.69) is 137 Å². The smallest absolute Gasteiger partial charge is 0.164 e. The fourth-order valence-corrected chi connectivity index (χ4v) is 8.61. The van der Waals surface area contributed by atoms with Crippen molar-refractivity contribution in [3.8, 4) is 45.5 Å². The second-order valence-electron chi connectivity index (χ2n) is 14.4. The van der Waals surface area contributed by atoms with Crippen LogP contribution in [0, 0.1) is 0 Å². The van der Waals surface area contributed by atoms with E-state index in [0.29, 0.717) is 17.5 Å². The van der Waals surface area contributed by atoms with Crippen LogP contribution in [0.1, 0.15) is 0 Å². The van der Waals surface area contributed by atoms with Crippen molar-refractivity contribution in [3.05, 3.63) is 188 Å². The number of hydrogen-bond donors (Lipinski definition) is 0. The van der Waals surface area contributed by atoms with Crippen molar-refractivity contribution in [3.63, 3.8) is 0 Å². The summed E-state index contributed by atoms with van der Waals surface area (Å²) in [5.74, 6) is 1.84. The lowest BCUT2D eigenvalue weighted by Gasteiger charge is -2.14. The first-order valence-electron chi connectivity index (χ1n) is 19.1. The number of benzene rings is 8. The van der Waals surface area contributed by atoms with Gasteiger partial charge in [0.1, 0.15) is 11.2 Å². The van der Waals surface area contributed by atoms with Crippen LogP contribution in [0.4, 0.5) is 0 Å². The lowest BCUT2D eigenvalue weighted by molar-refractivity contribution is 0.669. The van der Waals surface area contributed by atoms with Gasteiger partial charge in [0.15, 0.2) is 17.5 Å². The molecule has 0 bridgehead atoms. The Morgan fingerprint density at radius 3 is 1.61 bits per heavy atom. The molecule has 0 fully saturated rings. The van der Waals surface area contributed by atoms with Gasteiger partial charge in [0.25, 0.3) is 0 Å². The van der Waals surface area contributed by atoms with Gasteiger partial charge in [0.2, 0.25) is 0 Å². The Kier molecular flexibility index (Phi) is 6.83. The van der Waals surface area contributed by atoms with E-state index >= 15 is 0 Å².